The fraction of sp³-hybridized carbons (Fsp3) is 0.679. The maximum Gasteiger partial charge on any atom is 0.344 e. The molecule has 23 heteroatoms. The maximum absolute atomic E-state index is 14.6. The third kappa shape index (κ3) is 18.3. The minimum atomic E-state index is -1.54. The molecular formula is C56H82N8O15. The molecule has 1 unspecified atom stereocenters. The van der Waals surface area contributed by atoms with Crippen LogP contribution in [0.4, 0.5) is 11.6 Å². The number of aromatic nitrogens is 2. The van der Waals surface area contributed by atoms with Crippen LogP contribution in [-0.2, 0) is 79.6 Å². The number of ether oxygens (including phenoxy) is 6. The molecule has 3 amide bonds. The Bertz CT molecular complexity index is 2390. The molecule has 0 radical (unpaired) electrons. The Hall–Kier alpha value is -6.46. The summed E-state index contributed by atoms with van der Waals surface area (Å²) in [6.07, 6.45) is 1.53. The fourth-order valence-corrected chi connectivity index (χ4v) is 9.46. The summed E-state index contributed by atoms with van der Waals surface area (Å²) in [6, 6.07) is 3.38. The second kappa shape index (κ2) is 29.1. The average Bonchev–Trinajstić information content (AvgIpc) is 4.40. The number of morpholine rings is 2. The third-order valence-electron chi connectivity index (χ3n) is 15.0. The number of hydrogen-bond donors (Lipinski definition) is 2. The van der Waals surface area contributed by atoms with Gasteiger partial charge in [-0.1, -0.05) is 51.7 Å². The summed E-state index contributed by atoms with van der Waals surface area (Å²) in [5.74, 6) is -4.88. The molecule has 4 heterocycles. The van der Waals surface area contributed by atoms with Gasteiger partial charge in [-0.3, -0.25) is 24.0 Å². The molecule has 0 spiro atoms. The monoisotopic (exact) mass is 1110 g/mol. The van der Waals surface area contributed by atoms with Crippen molar-refractivity contribution in [2.24, 2.45) is 17.8 Å². The molecule has 436 valence electrons. The predicted molar refractivity (Wildman–Crippen MR) is 287 cm³/mol. The van der Waals surface area contributed by atoms with E-state index in [1.165, 1.54) is 39.9 Å². The second-order valence-electron chi connectivity index (χ2n) is 21.8. The van der Waals surface area contributed by atoms with E-state index in [-0.39, 0.29) is 43.9 Å². The lowest BCUT2D eigenvalue weighted by Gasteiger charge is -2.33. The highest BCUT2D eigenvalue weighted by molar-refractivity contribution is 5.92. The number of hydrogen-bond acceptors (Lipinski definition) is 19. The highest BCUT2D eigenvalue weighted by Crippen LogP contribution is 2.36. The minimum Gasteiger partial charge on any atom is -0.479 e. The second-order valence-corrected chi connectivity index (χ2v) is 21.8. The van der Waals surface area contributed by atoms with Crippen molar-refractivity contribution >= 4 is 59.2 Å². The number of carbonyl (C=O) groups excluding carboxylic acids is 7. The van der Waals surface area contributed by atoms with E-state index in [1.54, 1.807) is 38.5 Å². The summed E-state index contributed by atoms with van der Waals surface area (Å²) in [5.41, 5.74) is 1.19. The van der Waals surface area contributed by atoms with Crippen molar-refractivity contribution in [1.29, 1.82) is 0 Å². The van der Waals surface area contributed by atoms with Gasteiger partial charge < -0.3 is 63.3 Å². The Morgan fingerprint density at radius 3 is 1.54 bits per heavy atom. The summed E-state index contributed by atoms with van der Waals surface area (Å²) in [7, 11) is 5.92. The van der Waals surface area contributed by atoms with E-state index >= 15 is 0 Å². The molecule has 2 N–H and O–H groups in total. The maximum atomic E-state index is 14.6. The molecule has 79 heavy (non-hydrogen) atoms. The predicted octanol–water partition coefficient (Wildman–Crippen LogP) is 2.83. The lowest BCUT2D eigenvalue weighted by atomic mass is 10.0. The van der Waals surface area contributed by atoms with Gasteiger partial charge in [0.25, 0.3) is 17.7 Å². The first-order chi connectivity index (χ1) is 37.6. The highest BCUT2D eigenvalue weighted by Gasteiger charge is 2.42. The van der Waals surface area contributed by atoms with Gasteiger partial charge in [0.15, 0.2) is 24.4 Å². The number of aliphatic carboxylic acids is 1. The number of nitrogens with one attached hydrogen (secondary N) is 1. The summed E-state index contributed by atoms with van der Waals surface area (Å²) < 4.78 is 33.9. The van der Waals surface area contributed by atoms with Crippen LogP contribution < -0.4 is 15.1 Å². The van der Waals surface area contributed by atoms with Crippen LogP contribution in [0.5, 0.6) is 0 Å². The van der Waals surface area contributed by atoms with Crippen molar-refractivity contribution < 1.29 is 71.9 Å². The molecule has 23 nitrogen and oxygen atoms in total. The van der Waals surface area contributed by atoms with Gasteiger partial charge in [-0.25, -0.2) is 24.4 Å². The van der Waals surface area contributed by atoms with Gasteiger partial charge >= 0.3 is 29.8 Å². The molecule has 6 rings (SSSR count). The van der Waals surface area contributed by atoms with Crippen LogP contribution in [0.1, 0.15) is 97.1 Å². The molecule has 2 aliphatic heterocycles. The summed E-state index contributed by atoms with van der Waals surface area (Å²) >= 11 is 0. The van der Waals surface area contributed by atoms with Gasteiger partial charge in [-0.15, -0.1) is 0 Å². The summed E-state index contributed by atoms with van der Waals surface area (Å²) in [4.78, 5) is 127. The minimum absolute atomic E-state index is 0.0250. The van der Waals surface area contributed by atoms with Gasteiger partial charge in [0.1, 0.15) is 29.8 Å². The molecule has 2 aliphatic carbocycles. The van der Waals surface area contributed by atoms with E-state index in [0.717, 1.165) is 41.3 Å². The van der Waals surface area contributed by atoms with Crippen LogP contribution in [0.25, 0.3) is 0 Å². The van der Waals surface area contributed by atoms with Crippen molar-refractivity contribution in [3.05, 3.63) is 47.8 Å². The zero-order valence-electron chi connectivity index (χ0n) is 47.3. The zero-order valence-corrected chi connectivity index (χ0v) is 47.3. The molecule has 2 saturated carbocycles. The normalized spacial score (nSPS) is 18.6. The largest absolute Gasteiger partial charge is 0.479 e. The van der Waals surface area contributed by atoms with E-state index < -0.39 is 96.2 Å². The molecule has 4 fully saturated rings. The van der Waals surface area contributed by atoms with E-state index in [4.69, 9.17) is 28.4 Å². The quantitative estimate of drug-likeness (QED) is 0.0876. The number of rotatable bonds is 29. The lowest BCUT2D eigenvalue weighted by Crippen LogP contribution is -2.52. The van der Waals surface area contributed by atoms with Crippen molar-refractivity contribution in [3.8, 4) is 0 Å². The van der Waals surface area contributed by atoms with Gasteiger partial charge in [-0.2, -0.15) is 0 Å². The van der Waals surface area contributed by atoms with Gasteiger partial charge in [0.2, 0.25) is 0 Å². The molecular weight excluding hydrogens is 1020 g/mol. The first kappa shape index (κ1) is 61.7. The molecule has 2 aromatic rings. The fourth-order valence-electron chi connectivity index (χ4n) is 9.46. The number of esters is 4. The topological polar surface area (TPSA) is 266 Å². The van der Waals surface area contributed by atoms with Gasteiger partial charge in [0.05, 0.1) is 32.8 Å². The molecule has 2 aromatic heterocycles. The van der Waals surface area contributed by atoms with E-state index in [2.05, 4.69) is 25.1 Å². The Labute approximate surface area is 463 Å². The Balaban J connectivity index is 1.13. The van der Waals surface area contributed by atoms with E-state index in [0.29, 0.717) is 81.9 Å². The Morgan fingerprint density at radius 1 is 0.620 bits per heavy atom. The van der Waals surface area contributed by atoms with Gasteiger partial charge in [0, 0.05) is 78.6 Å². The van der Waals surface area contributed by atoms with Crippen molar-refractivity contribution in [3.63, 3.8) is 0 Å². The van der Waals surface area contributed by atoms with Crippen LogP contribution in [-0.4, -0.2) is 207 Å². The number of amides is 3. The number of pyridine rings is 2. The van der Waals surface area contributed by atoms with Crippen LogP contribution in [0.2, 0.25) is 0 Å². The van der Waals surface area contributed by atoms with Gasteiger partial charge in [-0.05, 0) is 88.1 Å². The van der Waals surface area contributed by atoms with E-state index in [1.807, 2.05) is 26.0 Å². The molecule has 8 atom stereocenters. The number of carbonyl (C=O) groups is 8. The number of nitrogens with zero attached hydrogens (tertiary/aromatic N) is 7. The first-order valence-electron chi connectivity index (χ1n) is 27.7. The first-order valence-corrected chi connectivity index (χ1v) is 27.7. The van der Waals surface area contributed by atoms with Crippen molar-refractivity contribution in [2.45, 2.75) is 147 Å². The molecule has 0 bridgehead atoms. The third-order valence-corrected chi connectivity index (χ3v) is 15.0. The number of carboxylic acid groups (broad SMARTS) is 1. The highest BCUT2D eigenvalue weighted by atomic mass is 16.6. The van der Waals surface area contributed by atoms with Crippen molar-refractivity contribution in [1.82, 2.24) is 30.0 Å². The molecule has 4 aliphatic rings. The van der Waals surface area contributed by atoms with Crippen LogP contribution in [0, 0.1) is 17.8 Å². The number of anilines is 2. The van der Waals surface area contributed by atoms with Crippen LogP contribution in [0.3, 0.4) is 0 Å². The Kier molecular flexibility index (Phi) is 22.8. The summed E-state index contributed by atoms with van der Waals surface area (Å²) in [5, 5.41) is 12.5. The molecule has 0 aromatic carbocycles. The number of carboxylic acids is 1. The average molecular weight is 1110 g/mol. The SMILES string of the molecule is CN[C@@H](CC1CC1)C(=O)O[C@H](Cc1ccc(N2CCOCC2)nc1)C(=O)N(C)C(C)CC(=O)O[C@H](C)C(=O)N(C)[C@@H](CC1CC1)C(=O)O[C@H](Cc1ccc(N2CCOCC2)nc1)C(=O)N(C)[C@@H](CC(C)C)C(=O)O[C@H](C)C(=O)O. The Morgan fingerprint density at radius 2 is 1.09 bits per heavy atom. The lowest BCUT2D eigenvalue weighted by molar-refractivity contribution is -0.173. The molecule has 2 saturated heterocycles. The number of likely N-dealkylation sites (N-methyl/N-ethyl adjacent to an activating group) is 4. The van der Waals surface area contributed by atoms with E-state index in [9.17, 15) is 43.5 Å². The van der Waals surface area contributed by atoms with Crippen molar-refractivity contribution in [2.75, 3.05) is 90.6 Å². The summed E-state index contributed by atoms with van der Waals surface area (Å²) in [6.45, 7) is 12.8. The zero-order chi connectivity index (χ0) is 57.5. The smallest absolute Gasteiger partial charge is 0.344 e. The van der Waals surface area contributed by atoms with Crippen LogP contribution >= 0.6 is 0 Å². The van der Waals surface area contributed by atoms with Crippen LogP contribution in [0.15, 0.2) is 36.7 Å². The standard InChI is InChI=1S/C56H82N8O15/c1-34(2)26-43(55(72)77-37(5)53(69)70)62(9)52(68)46(31-41-15-17-48(59-33-41)64-20-24-75-25-21-64)79-56(73)44(29-39-12-13-39)61(8)50(66)36(4)76-49(65)27-35(3)60(7)51(67)45(78-54(71)42(57-6)28-38-10-11-38)30-40-14-16-47(58-32-40)63-18-22-74-23-19-63/h14-17,32-39,42-46,57H,10-13,18-31H2,1-9H3,(H,69,70)/t35?,36-,37-,42+,43+,44+,45-,46-/m1/s1.